The van der Waals surface area contributed by atoms with E-state index in [-0.39, 0.29) is 22.4 Å². The average molecular weight is 493 g/mol. The van der Waals surface area contributed by atoms with Crippen molar-refractivity contribution in [3.63, 3.8) is 0 Å². The predicted octanol–water partition coefficient (Wildman–Crippen LogP) is 3.32. The number of sulfonamides is 1. The number of fused-ring (bicyclic) bond motifs is 1. The zero-order valence-electron chi connectivity index (χ0n) is 17.9. The maximum Gasteiger partial charge on any atom is 0.253 e. The van der Waals surface area contributed by atoms with Gasteiger partial charge in [-0.15, -0.1) is 0 Å². The first kappa shape index (κ1) is 22.2. The molecule has 33 heavy (non-hydrogen) atoms. The molecule has 0 bridgehead atoms. The summed E-state index contributed by atoms with van der Waals surface area (Å²) >= 11 is 1.22. The maximum absolute atomic E-state index is 14.0. The molecule has 1 saturated heterocycles. The van der Waals surface area contributed by atoms with Gasteiger partial charge in [0.1, 0.15) is 11.3 Å². The van der Waals surface area contributed by atoms with Gasteiger partial charge in [-0.05, 0) is 43.2 Å². The Morgan fingerprint density at radius 3 is 2.39 bits per heavy atom. The van der Waals surface area contributed by atoms with Crippen LogP contribution < -0.4 is 4.90 Å². The molecule has 2 aromatic carbocycles. The Morgan fingerprint density at radius 1 is 1.09 bits per heavy atom. The Morgan fingerprint density at radius 2 is 1.76 bits per heavy atom. The Bertz CT molecular complexity index is 1320. The minimum absolute atomic E-state index is 0.0681. The van der Waals surface area contributed by atoms with Crippen LogP contribution in [0.15, 0.2) is 41.3 Å². The number of piperazine rings is 1. The Kier molecular flexibility index (Phi) is 5.58. The van der Waals surface area contributed by atoms with E-state index in [1.54, 1.807) is 24.1 Å². The second kappa shape index (κ2) is 8.30. The van der Waals surface area contributed by atoms with Gasteiger partial charge in [0.25, 0.3) is 5.91 Å². The number of benzene rings is 2. The van der Waals surface area contributed by atoms with E-state index < -0.39 is 21.7 Å². The van der Waals surface area contributed by atoms with Crippen molar-refractivity contribution in [3.05, 3.63) is 53.6 Å². The number of aromatic nitrogens is 1. The van der Waals surface area contributed by atoms with Gasteiger partial charge in [0.2, 0.25) is 10.0 Å². The molecule has 7 nitrogen and oxygen atoms in total. The van der Waals surface area contributed by atoms with Crippen molar-refractivity contribution in [2.75, 3.05) is 38.1 Å². The van der Waals surface area contributed by atoms with E-state index in [9.17, 15) is 22.0 Å². The summed E-state index contributed by atoms with van der Waals surface area (Å²) in [6, 6.07) is 8.21. The minimum Gasteiger partial charge on any atom is -0.345 e. The molecule has 0 spiro atoms. The van der Waals surface area contributed by atoms with Gasteiger partial charge in [-0.1, -0.05) is 11.3 Å². The number of hydrogen-bond donors (Lipinski definition) is 0. The molecule has 1 aliphatic heterocycles. The van der Waals surface area contributed by atoms with Crippen molar-refractivity contribution >= 4 is 42.6 Å². The van der Waals surface area contributed by atoms with E-state index in [4.69, 9.17) is 0 Å². The molecule has 174 valence electrons. The zero-order chi connectivity index (χ0) is 23.3. The zero-order valence-corrected chi connectivity index (χ0v) is 19.5. The number of nitrogens with zero attached hydrogens (tertiary/aromatic N) is 4. The van der Waals surface area contributed by atoms with E-state index in [1.165, 1.54) is 33.8 Å². The van der Waals surface area contributed by atoms with E-state index in [1.807, 2.05) is 4.90 Å². The second-order valence-electron chi connectivity index (χ2n) is 8.29. The molecule has 11 heteroatoms. The molecule has 0 atom stereocenters. The number of amides is 1. The lowest BCUT2D eigenvalue weighted by molar-refractivity contribution is 0.0746. The van der Waals surface area contributed by atoms with Crippen molar-refractivity contribution in [2.45, 2.75) is 23.8 Å². The van der Waals surface area contributed by atoms with Crippen molar-refractivity contribution in [3.8, 4) is 0 Å². The third kappa shape index (κ3) is 4.20. The first-order valence-corrected chi connectivity index (χ1v) is 12.9. The van der Waals surface area contributed by atoms with Crippen LogP contribution in [-0.2, 0) is 10.0 Å². The molecule has 0 N–H and O–H groups in total. The van der Waals surface area contributed by atoms with Crippen LogP contribution >= 0.6 is 11.3 Å². The van der Waals surface area contributed by atoms with Crippen molar-refractivity contribution < 1.29 is 22.0 Å². The summed E-state index contributed by atoms with van der Waals surface area (Å²) in [4.78, 5) is 21.1. The second-order valence-corrected chi connectivity index (χ2v) is 11.3. The summed E-state index contributed by atoms with van der Waals surface area (Å²) < 4.78 is 54.6. The third-order valence-electron chi connectivity index (χ3n) is 6.08. The monoisotopic (exact) mass is 492 g/mol. The third-order valence-corrected chi connectivity index (χ3v) is 9.07. The lowest BCUT2D eigenvalue weighted by atomic mass is 10.2. The largest absolute Gasteiger partial charge is 0.345 e. The summed E-state index contributed by atoms with van der Waals surface area (Å²) in [5, 5.41) is 0.593. The fraction of sp³-hybridized carbons (Fsp3) is 0.364. The molecule has 2 fully saturated rings. The number of carbonyl (C=O) groups excluding carboxylic acids is 1. The lowest BCUT2D eigenvalue weighted by Crippen LogP contribution is -2.48. The molecule has 1 aromatic heterocycles. The predicted molar refractivity (Wildman–Crippen MR) is 122 cm³/mol. The van der Waals surface area contributed by atoms with Crippen LogP contribution in [0.4, 0.5) is 13.9 Å². The van der Waals surface area contributed by atoms with Crippen LogP contribution in [0.2, 0.25) is 0 Å². The van der Waals surface area contributed by atoms with Gasteiger partial charge in [0, 0.05) is 50.9 Å². The van der Waals surface area contributed by atoms with E-state index in [2.05, 4.69) is 4.98 Å². The van der Waals surface area contributed by atoms with Gasteiger partial charge < -0.3 is 9.80 Å². The Labute approximate surface area is 194 Å². The summed E-state index contributed by atoms with van der Waals surface area (Å²) in [6.45, 7) is 1.90. The summed E-state index contributed by atoms with van der Waals surface area (Å²) in [6.07, 6.45) is 1.75. The number of anilines is 1. The van der Waals surface area contributed by atoms with Crippen LogP contribution in [0, 0.1) is 11.6 Å². The highest BCUT2D eigenvalue weighted by Gasteiger charge is 2.35. The number of rotatable bonds is 5. The van der Waals surface area contributed by atoms with Gasteiger partial charge in [-0.3, -0.25) is 4.79 Å². The number of halogens is 2. The number of thiazole rings is 1. The first-order chi connectivity index (χ1) is 15.7. The fourth-order valence-electron chi connectivity index (χ4n) is 3.93. The van der Waals surface area contributed by atoms with E-state index in [0.717, 1.165) is 18.9 Å². The fourth-order valence-corrected chi connectivity index (χ4v) is 6.41. The van der Waals surface area contributed by atoms with Crippen molar-refractivity contribution in [1.29, 1.82) is 0 Å². The van der Waals surface area contributed by atoms with Crippen molar-refractivity contribution in [2.24, 2.45) is 0 Å². The van der Waals surface area contributed by atoms with Crippen LogP contribution in [0.3, 0.4) is 0 Å². The van der Waals surface area contributed by atoms with Crippen LogP contribution in [0.1, 0.15) is 23.2 Å². The van der Waals surface area contributed by atoms with Gasteiger partial charge in [-0.2, -0.15) is 4.31 Å². The molecular formula is C22H22F2N4O3S2. The SMILES string of the molecule is CN(C1CC1)S(=O)(=O)c1ccc(C(=O)N2CCN(c3nc4c(F)cc(F)cc4s3)CC2)cc1. The molecular weight excluding hydrogens is 470 g/mol. The van der Waals surface area contributed by atoms with Gasteiger partial charge in [0.15, 0.2) is 10.9 Å². The molecule has 5 rings (SSSR count). The van der Waals surface area contributed by atoms with Gasteiger partial charge in [0.05, 0.1) is 9.60 Å². The lowest BCUT2D eigenvalue weighted by Gasteiger charge is -2.34. The maximum atomic E-state index is 14.0. The highest BCUT2D eigenvalue weighted by atomic mass is 32.2. The molecule has 1 aliphatic carbocycles. The summed E-state index contributed by atoms with van der Waals surface area (Å²) in [5.74, 6) is -1.50. The Hall–Kier alpha value is -2.63. The normalized spacial score (nSPS) is 17.2. The molecule has 0 radical (unpaired) electrons. The van der Waals surface area contributed by atoms with Crippen LogP contribution in [-0.4, -0.2) is 67.8 Å². The highest BCUT2D eigenvalue weighted by molar-refractivity contribution is 7.89. The molecule has 1 amide bonds. The van der Waals surface area contributed by atoms with Crippen molar-refractivity contribution in [1.82, 2.24) is 14.2 Å². The summed E-state index contributed by atoms with van der Waals surface area (Å²) in [7, 11) is -1.97. The van der Waals surface area contributed by atoms with Gasteiger partial charge >= 0.3 is 0 Å². The van der Waals surface area contributed by atoms with Crippen LogP contribution in [0.5, 0.6) is 0 Å². The minimum atomic E-state index is -3.55. The molecule has 2 heterocycles. The highest BCUT2D eigenvalue weighted by Crippen LogP contribution is 2.32. The van der Waals surface area contributed by atoms with E-state index >= 15 is 0 Å². The number of carbonyl (C=O) groups is 1. The molecule has 2 aliphatic rings. The number of hydrogen-bond acceptors (Lipinski definition) is 6. The first-order valence-electron chi connectivity index (χ1n) is 10.6. The molecule has 0 unspecified atom stereocenters. The van der Waals surface area contributed by atoms with Gasteiger partial charge in [-0.25, -0.2) is 22.2 Å². The molecule has 1 saturated carbocycles. The summed E-state index contributed by atoms with van der Waals surface area (Å²) in [5.41, 5.74) is 0.575. The topological polar surface area (TPSA) is 73.8 Å². The molecule has 3 aromatic rings. The average Bonchev–Trinajstić information content (AvgIpc) is 3.57. The smallest absolute Gasteiger partial charge is 0.253 e. The quantitative estimate of drug-likeness (QED) is 0.546. The standard InChI is InChI=1S/C22H22F2N4O3S2/c1-26(16-4-5-16)33(30,31)17-6-2-14(3-7-17)21(29)27-8-10-28(11-9-27)22-25-20-18(24)12-15(23)13-19(20)32-22/h2-3,6-7,12-13,16H,4-5,8-11H2,1H3. The Balaban J connectivity index is 1.25. The van der Waals surface area contributed by atoms with E-state index in [0.29, 0.717) is 41.6 Å². The van der Waals surface area contributed by atoms with Crippen LogP contribution in [0.25, 0.3) is 10.2 Å².